The average Bonchev–Trinajstić information content (AvgIpc) is 3.87. The number of amides is 2. The highest BCUT2D eigenvalue weighted by atomic mass is 16.5. The van der Waals surface area contributed by atoms with E-state index in [1.165, 1.54) is 54.9 Å². The molecule has 0 aromatic heterocycles. The highest BCUT2D eigenvalue weighted by Crippen LogP contribution is 2.70. The quantitative estimate of drug-likeness (QED) is 0.384. The third-order valence-electron chi connectivity index (χ3n) is 12.5. The first kappa shape index (κ1) is 26.2. The van der Waals surface area contributed by atoms with E-state index in [4.69, 9.17) is 9.47 Å². The fourth-order valence-electron chi connectivity index (χ4n) is 11.1. The normalized spacial score (nSPS) is 33.5. The van der Waals surface area contributed by atoms with Gasteiger partial charge in [-0.1, -0.05) is 67.1 Å². The molecule has 9 rings (SSSR count). The zero-order valence-electron chi connectivity index (χ0n) is 25.3. The van der Waals surface area contributed by atoms with Gasteiger partial charge in [0.1, 0.15) is 12.3 Å². The summed E-state index contributed by atoms with van der Waals surface area (Å²) < 4.78 is 10.7. The number of benzene rings is 3. The second kappa shape index (κ2) is 8.93. The minimum absolute atomic E-state index is 0.0788. The van der Waals surface area contributed by atoms with Crippen molar-refractivity contribution in [2.75, 3.05) is 37.9 Å². The van der Waals surface area contributed by atoms with Crippen LogP contribution < -0.4 is 10.6 Å². The second-order valence-corrected chi connectivity index (χ2v) is 13.6. The summed E-state index contributed by atoms with van der Waals surface area (Å²) in [7, 11) is 2.94. The fourth-order valence-corrected chi connectivity index (χ4v) is 11.1. The van der Waals surface area contributed by atoms with Crippen LogP contribution in [-0.2, 0) is 32.1 Å². The minimum atomic E-state index is -0.473. The zero-order chi connectivity index (χ0) is 29.8. The molecule has 2 N–H and O–H groups in total. The number of nitrogens with one attached hydrogen (secondary N) is 2. The van der Waals surface area contributed by atoms with Crippen molar-refractivity contribution in [3.8, 4) is 0 Å². The van der Waals surface area contributed by atoms with Crippen molar-refractivity contribution in [2.45, 2.75) is 67.1 Å². The van der Waals surface area contributed by atoms with E-state index in [9.17, 15) is 9.59 Å². The zero-order valence-corrected chi connectivity index (χ0v) is 25.3. The van der Waals surface area contributed by atoms with Gasteiger partial charge in [-0.2, -0.15) is 0 Å². The fraction of sp³-hybridized carbons (Fsp3) is 0.444. The Morgan fingerprint density at radius 3 is 2.23 bits per heavy atom. The number of fused-ring (bicyclic) bond motifs is 10. The number of hydrogen-bond acceptors (Lipinski definition) is 6. The molecule has 2 amide bonds. The summed E-state index contributed by atoms with van der Waals surface area (Å²) in [6.45, 7) is 1.24. The number of rotatable bonds is 2. The van der Waals surface area contributed by atoms with Gasteiger partial charge < -0.3 is 20.1 Å². The van der Waals surface area contributed by atoms with E-state index < -0.39 is 5.41 Å². The molecule has 1 saturated carbocycles. The first-order chi connectivity index (χ1) is 21.5. The first-order valence-electron chi connectivity index (χ1n) is 16.1. The average molecular weight is 591 g/mol. The Hall–Kier alpha value is -4.20. The van der Waals surface area contributed by atoms with Crippen LogP contribution in [0.3, 0.4) is 0 Å². The summed E-state index contributed by atoms with van der Waals surface area (Å²) in [6, 6.07) is 24.3. The molecule has 6 aliphatic rings. The number of carbonyl (C=O) groups excluding carboxylic acids is 2. The van der Waals surface area contributed by atoms with Gasteiger partial charge in [-0.3, -0.25) is 9.80 Å². The van der Waals surface area contributed by atoms with E-state index in [1.54, 1.807) is 0 Å². The Morgan fingerprint density at radius 1 is 0.727 bits per heavy atom. The Balaban J connectivity index is 1.30. The molecule has 2 aliphatic carbocycles. The van der Waals surface area contributed by atoms with Crippen molar-refractivity contribution >= 4 is 23.6 Å². The van der Waals surface area contributed by atoms with Crippen LogP contribution in [0.25, 0.3) is 0 Å². The summed E-state index contributed by atoms with van der Waals surface area (Å²) in [6.07, 6.45) is 5.13. The third-order valence-corrected chi connectivity index (χ3v) is 12.5. The molecule has 44 heavy (non-hydrogen) atoms. The first-order valence-corrected chi connectivity index (χ1v) is 16.1. The number of hydrogen-bond donors (Lipinski definition) is 2. The van der Waals surface area contributed by atoms with E-state index >= 15 is 0 Å². The van der Waals surface area contributed by atoms with Crippen molar-refractivity contribution in [1.82, 2.24) is 9.80 Å². The number of anilines is 2. The summed E-state index contributed by atoms with van der Waals surface area (Å²) in [5.74, 6) is 0.525. The van der Waals surface area contributed by atoms with Gasteiger partial charge in [-0.15, -0.1) is 0 Å². The second-order valence-electron chi connectivity index (χ2n) is 13.6. The SMILES string of the molecule is COC(=O)N1CC[C@]2(c3cccc4c3N[C@@H]3N(C(=O)OC)CC[C@]43[C@@]34CCC[C@@H]3Cc3ccccc34)c3ccccc3N[C@H]12. The molecule has 8 nitrogen and oxygen atoms in total. The number of carbonyl (C=O) groups is 2. The number of methoxy groups -OCH3 is 2. The van der Waals surface area contributed by atoms with Gasteiger partial charge in [0.2, 0.25) is 0 Å². The molecule has 0 bridgehead atoms. The number of nitrogens with zero attached hydrogens (tertiary/aromatic N) is 2. The Kier molecular flexibility index (Phi) is 5.32. The van der Waals surface area contributed by atoms with Crippen LogP contribution >= 0.6 is 0 Å². The van der Waals surface area contributed by atoms with Crippen LogP contribution in [0.2, 0.25) is 0 Å². The number of para-hydroxylation sites is 2. The molecular formula is C36H38N4O4. The van der Waals surface area contributed by atoms with Gasteiger partial charge in [0.05, 0.1) is 19.6 Å². The lowest BCUT2D eigenvalue weighted by Crippen LogP contribution is -2.57. The van der Waals surface area contributed by atoms with Gasteiger partial charge in [0.15, 0.2) is 0 Å². The van der Waals surface area contributed by atoms with E-state index in [0.29, 0.717) is 19.0 Å². The molecule has 8 heteroatoms. The van der Waals surface area contributed by atoms with Crippen molar-refractivity contribution < 1.29 is 19.1 Å². The molecule has 2 saturated heterocycles. The summed E-state index contributed by atoms with van der Waals surface area (Å²) in [5, 5.41) is 7.73. The van der Waals surface area contributed by atoms with Crippen LogP contribution in [0, 0.1) is 5.92 Å². The van der Waals surface area contributed by atoms with E-state index in [0.717, 1.165) is 37.1 Å². The van der Waals surface area contributed by atoms with Crippen molar-refractivity contribution in [2.24, 2.45) is 5.92 Å². The molecule has 4 heterocycles. The van der Waals surface area contributed by atoms with E-state index in [2.05, 4.69) is 71.3 Å². The van der Waals surface area contributed by atoms with Crippen LogP contribution in [0.15, 0.2) is 66.7 Å². The smallest absolute Gasteiger partial charge is 0.411 e. The molecule has 0 spiro atoms. The van der Waals surface area contributed by atoms with Gasteiger partial charge in [0.25, 0.3) is 0 Å². The molecular weight excluding hydrogens is 552 g/mol. The maximum absolute atomic E-state index is 13.4. The Labute approximate surface area is 257 Å². The van der Waals surface area contributed by atoms with Gasteiger partial charge >= 0.3 is 12.2 Å². The number of likely N-dealkylation sites (tertiary alicyclic amines) is 2. The molecule has 3 fully saturated rings. The highest BCUT2D eigenvalue weighted by molar-refractivity contribution is 5.81. The maximum atomic E-state index is 13.4. The lowest BCUT2D eigenvalue weighted by atomic mass is 9.53. The predicted octanol–water partition coefficient (Wildman–Crippen LogP) is 5.95. The van der Waals surface area contributed by atoms with Crippen molar-refractivity contribution in [3.63, 3.8) is 0 Å². The lowest BCUT2D eigenvalue weighted by molar-refractivity contribution is 0.0993. The van der Waals surface area contributed by atoms with Crippen molar-refractivity contribution in [1.29, 1.82) is 0 Å². The highest BCUT2D eigenvalue weighted by Gasteiger charge is 2.71. The summed E-state index contributed by atoms with van der Waals surface area (Å²) in [4.78, 5) is 30.3. The maximum Gasteiger partial charge on any atom is 0.411 e. The monoisotopic (exact) mass is 590 g/mol. The topological polar surface area (TPSA) is 83.1 Å². The van der Waals surface area contributed by atoms with Gasteiger partial charge in [-0.05, 0) is 71.9 Å². The standard InChI is InChI=1S/C36H38N4O4/c1-43-32(41)39-19-17-34(25-12-5-6-15-28(25)37-30(34)39)26-13-7-14-27-29(26)38-31-36(27,18-20-40(31)33(42)44-2)35-16-8-10-23(35)21-22-9-3-4-11-24(22)35/h3-7,9,11-15,23,30-31,37-38H,8,10,16-21H2,1-2H3/t23-,30-,31-,34-,35+,36+/m1/s1. The molecule has 3 aromatic carbocycles. The molecule has 0 unspecified atom stereocenters. The predicted molar refractivity (Wildman–Crippen MR) is 167 cm³/mol. The van der Waals surface area contributed by atoms with Crippen LogP contribution in [0.5, 0.6) is 0 Å². The largest absolute Gasteiger partial charge is 0.453 e. The lowest BCUT2D eigenvalue weighted by Gasteiger charge is -2.49. The third kappa shape index (κ3) is 2.86. The minimum Gasteiger partial charge on any atom is -0.453 e. The van der Waals surface area contributed by atoms with E-state index in [-0.39, 0.29) is 35.3 Å². The van der Waals surface area contributed by atoms with Crippen LogP contribution in [0.4, 0.5) is 21.0 Å². The molecule has 0 radical (unpaired) electrons. The molecule has 3 aromatic rings. The number of ether oxygens (including phenoxy) is 2. The molecule has 4 aliphatic heterocycles. The van der Waals surface area contributed by atoms with Crippen LogP contribution in [0.1, 0.15) is 59.9 Å². The van der Waals surface area contributed by atoms with Crippen molar-refractivity contribution in [3.05, 3.63) is 94.5 Å². The summed E-state index contributed by atoms with van der Waals surface area (Å²) >= 11 is 0. The van der Waals surface area contributed by atoms with E-state index in [1.807, 2.05) is 15.9 Å². The van der Waals surface area contributed by atoms with Crippen LogP contribution in [-0.4, -0.2) is 61.6 Å². The Morgan fingerprint density at radius 2 is 1.41 bits per heavy atom. The van der Waals surface area contributed by atoms with Gasteiger partial charge in [-0.25, -0.2) is 9.59 Å². The molecule has 6 atom stereocenters. The summed E-state index contributed by atoms with van der Waals surface area (Å²) in [5.41, 5.74) is 7.93. The Bertz CT molecular complexity index is 1730. The van der Waals surface area contributed by atoms with Gasteiger partial charge in [0, 0.05) is 35.3 Å². The molecule has 226 valence electrons.